The van der Waals surface area contributed by atoms with Crippen LogP contribution in [0.1, 0.15) is 10.4 Å². The molecule has 1 fully saturated rings. The Morgan fingerprint density at radius 3 is 2.32 bits per heavy atom. The van der Waals surface area contributed by atoms with E-state index in [9.17, 15) is 14.9 Å². The van der Waals surface area contributed by atoms with E-state index in [0.29, 0.717) is 31.7 Å². The number of benzene rings is 2. The van der Waals surface area contributed by atoms with Gasteiger partial charge in [0.05, 0.1) is 10.6 Å². The lowest BCUT2D eigenvalue weighted by Crippen LogP contribution is -2.48. The number of thiazole rings is 1. The number of carbonyl (C=O) groups excluding carboxylic acids is 1. The zero-order chi connectivity index (χ0) is 19.5. The first-order valence-corrected chi connectivity index (χ1v) is 9.79. The van der Waals surface area contributed by atoms with E-state index in [2.05, 4.69) is 10.3 Å². The summed E-state index contributed by atoms with van der Waals surface area (Å²) in [4.78, 5) is 31.6. The van der Waals surface area contributed by atoms with E-state index in [-0.39, 0.29) is 11.6 Å². The zero-order valence-electron chi connectivity index (χ0n) is 15.0. The van der Waals surface area contributed by atoms with Gasteiger partial charge < -0.3 is 9.80 Å². The molecule has 3 aromatic rings. The van der Waals surface area contributed by atoms with Crippen molar-refractivity contribution < 1.29 is 9.72 Å². The Labute approximate surface area is 166 Å². The number of nitro groups is 1. The van der Waals surface area contributed by atoms with Gasteiger partial charge in [-0.2, -0.15) is 0 Å². The Balaban J connectivity index is 1.39. The molecule has 0 saturated carbocycles. The number of nitro benzene ring substituents is 1. The molecule has 0 atom stereocenters. The minimum Gasteiger partial charge on any atom is -0.345 e. The second kappa shape index (κ2) is 7.77. The summed E-state index contributed by atoms with van der Waals surface area (Å²) in [6, 6.07) is 15.8. The highest BCUT2D eigenvalue weighted by molar-refractivity contribution is 7.14. The van der Waals surface area contributed by atoms with Gasteiger partial charge in [0.2, 0.25) is 0 Å². The van der Waals surface area contributed by atoms with Gasteiger partial charge in [0.25, 0.3) is 11.6 Å². The van der Waals surface area contributed by atoms with Gasteiger partial charge >= 0.3 is 0 Å². The molecule has 2 aromatic carbocycles. The summed E-state index contributed by atoms with van der Waals surface area (Å²) in [5, 5.41) is 13.8. The Morgan fingerprint density at radius 1 is 1.00 bits per heavy atom. The molecule has 0 spiro atoms. The highest BCUT2D eigenvalue weighted by Gasteiger charge is 2.24. The van der Waals surface area contributed by atoms with Crippen LogP contribution in [-0.2, 0) is 0 Å². The van der Waals surface area contributed by atoms with E-state index in [1.807, 2.05) is 30.3 Å². The summed E-state index contributed by atoms with van der Waals surface area (Å²) in [6.07, 6.45) is 0. The lowest BCUT2D eigenvalue weighted by atomic mass is 10.1. The number of anilines is 1. The topological polar surface area (TPSA) is 79.6 Å². The predicted octanol–water partition coefficient (Wildman–Crippen LogP) is 3.68. The van der Waals surface area contributed by atoms with Crippen LogP contribution in [0, 0.1) is 10.1 Å². The van der Waals surface area contributed by atoms with Crippen molar-refractivity contribution >= 4 is 28.1 Å². The normalized spacial score (nSPS) is 14.1. The zero-order valence-corrected chi connectivity index (χ0v) is 15.8. The minimum absolute atomic E-state index is 0.0145. The summed E-state index contributed by atoms with van der Waals surface area (Å²) in [7, 11) is 0. The molecule has 0 radical (unpaired) electrons. The quantitative estimate of drug-likeness (QED) is 0.498. The third kappa shape index (κ3) is 3.72. The molecule has 1 aliphatic rings. The van der Waals surface area contributed by atoms with Gasteiger partial charge in [0, 0.05) is 54.8 Å². The molecule has 0 unspecified atom stereocenters. The molecule has 142 valence electrons. The standard InChI is InChI=1S/C20H18N4O3S/c25-19(16-6-8-17(9-7-16)24(26)27)22-10-12-23(13-11-22)20-21-18(14-28-20)15-4-2-1-3-5-15/h1-9,14H,10-13H2. The number of non-ortho nitro benzene ring substituents is 1. The number of hydrogen-bond donors (Lipinski definition) is 0. The third-order valence-corrected chi connectivity index (χ3v) is 5.63. The smallest absolute Gasteiger partial charge is 0.269 e. The fraction of sp³-hybridized carbons (Fsp3) is 0.200. The number of piperazine rings is 1. The first-order chi connectivity index (χ1) is 13.6. The molecule has 1 aromatic heterocycles. The van der Waals surface area contributed by atoms with Crippen LogP contribution in [0.5, 0.6) is 0 Å². The number of amides is 1. The molecule has 0 N–H and O–H groups in total. The number of rotatable bonds is 4. The number of aromatic nitrogens is 1. The van der Waals surface area contributed by atoms with Crippen molar-refractivity contribution in [1.82, 2.24) is 9.88 Å². The molecule has 1 saturated heterocycles. The lowest BCUT2D eigenvalue weighted by molar-refractivity contribution is -0.384. The van der Waals surface area contributed by atoms with Crippen LogP contribution in [-0.4, -0.2) is 46.9 Å². The summed E-state index contributed by atoms with van der Waals surface area (Å²) >= 11 is 1.61. The highest BCUT2D eigenvalue weighted by Crippen LogP contribution is 2.28. The van der Waals surface area contributed by atoms with Gasteiger partial charge in [-0.3, -0.25) is 14.9 Å². The summed E-state index contributed by atoms with van der Waals surface area (Å²) in [5.74, 6) is -0.0985. The van der Waals surface area contributed by atoms with Crippen molar-refractivity contribution in [3.8, 4) is 11.3 Å². The van der Waals surface area contributed by atoms with Crippen molar-refractivity contribution in [2.24, 2.45) is 0 Å². The predicted molar refractivity (Wildman–Crippen MR) is 109 cm³/mol. The Kier molecular flexibility index (Phi) is 5.03. The molecule has 2 heterocycles. The first-order valence-electron chi connectivity index (χ1n) is 8.91. The first kappa shape index (κ1) is 18.1. The molecule has 8 heteroatoms. The Bertz CT molecular complexity index is 980. The van der Waals surface area contributed by atoms with Crippen LogP contribution in [0.25, 0.3) is 11.3 Å². The van der Waals surface area contributed by atoms with Gasteiger partial charge in [0.1, 0.15) is 0 Å². The van der Waals surface area contributed by atoms with E-state index < -0.39 is 4.92 Å². The SMILES string of the molecule is O=C(c1ccc([N+](=O)[O-])cc1)N1CCN(c2nc(-c3ccccc3)cs2)CC1. The van der Waals surface area contributed by atoms with Crippen molar-refractivity contribution in [3.05, 3.63) is 75.7 Å². The van der Waals surface area contributed by atoms with Gasteiger partial charge in [-0.25, -0.2) is 4.98 Å². The van der Waals surface area contributed by atoms with Crippen LogP contribution in [0.4, 0.5) is 10.8 Å². The van der Waals surface area contributed by atoms with Gasteiger partial charge in [0.15, 0.2) is 5.13 Å². The van der Waals surface area contributed by atoms with Gasteiger partial charge in [-0.05, 0) is 12.1 Å². The third-order valence-electron chi connectivity index (χ3n) is 4.72. The van der Waals surface area contributed by atoms with Crippen LogP contribution in [0.3, 0.4) is 0 Å². The summed E-state index contributed by atoms with van der Waals surface area (Å²) in [6.45, 7) is 2.60. The molecule has 7 nitrogen and oxygen atoms in total. The molecule has 0 bridgehead atoms. The van der Waals surface area contributed by atoms with Crippen molar-refractivity contribution in [1.29, 1.82) is 0 Å². The molecule has 0 aliphatic carbocycles. The van der Waals surface area contributed by atoms with E-state index in [1.54, 1.807) is 16.2 Å². The van der Waals surface area contributed by atoms with Crippen LogP contribution in [0.15, 0.2) is 60.0 Å². The van der Waals surface area contributed by atoms with Gasteiger partial charge in [-0.15, -0.1) is 11.3 Å². The highest BCUT2D eigenvalue weighted by atomic mass is 32.1. The molecular formula is C20H18N4O3S. The maximum absolute atomic E-state index is 12.6. The number of nitrogens with zero attached hydrogens (tertiary/aromatic N) is 4. The minimum atomic E-state index is -0.468. The molecular weight excluding hydrogens is 376 g/mol. The lowest BCUT2D eigenvalue weighted by Gasteiger charge is -2.34. The van der Waals surface area contributed by atoms with Crippen LogP contribution in [0.2, 0.25) is 0 Å². The maximum Gasteiger partial charge on any atom is 0.269 e. The second-order valence-corrected chi connectivity index (χ2v) is 7.30. The average Bonchev–Trinajstić information content (AvgIpc) is 3.24. The van der Waals surface area contributed by atoms with E-state index in [1.165, 1.54) is 24.3 Å². The van der Waals surface area contributed by atoms with Crippen molar-refractivity contribution in [2.75, 3.05) is 31.1 Å². The average molecular weight is 394 g/mol. The Hall–Kier alpha value is -3.26. The summed E-state index contributed by atoms with van der Waals surface area (Å²) in [5.41, 5.74) is 2.51. The van der Waals surface area contributed by atoms with E-state index >= 15 is 0 Å². The fourth-order valence-electron chi connectivity index (χ4n) is 3.16. The van der Waals surface area contributed by atoms with Gasteiger partial charge in [-0.1, -0.05) is 30.3 Å². The molecule has 1 amide bonds. The Morgan fingerprint density at radius 2 is 1.68 bits per heavy atom. The van der Waals surface area contributed by atoms with Crippen LogP contribution >= 0.6 is 11.3 Å². The largest absolute Gasteiger partial charge is 0.345 e. The van der Waals surface area contributed by atoms with Crippen molar-refractivity contribution in [2.45, 2.75) is 0 Å². The summed E-state index contributed by atoms with van der Waals surface area (Å²) < 4.78 is 0. The fourth-order valence-corrected chi connectivity index (χ4v) is 4.05. The van der Waals surface area contributed by atoms with Crippen LogP contribution < -0.4 is 4.90 Å². The molecule has 1 aliphatic heterocycles. The van der Waals surface area contributed by atoms with E-state index in [0.717, 1.165) is 16.4 Å². The number of hydrogen-bond acceptors (Lipinski definition) is 6. The maximum atomic E-state index is 12.6. The van der Waals surface area contributed by atoms with Crippen molar-refractivity contribution in [3.63, 3.8) is 0 Å². The monoisotopic (exact) mass is 394 g/mol. The van der Waals surface area contributed by atoms with E-state index in [4.69, 9.17) is 4.98 Å². The number of carbonyl (C=O) groups is 1. The second-order valence-electron chi connectivity index (χ2n) is 6.46. The molecule has 28 heavy (non-hydrogen) atoms. The molecule has 4 rings (SSSR count).